The van der Waals surface area contributed by atoms with Crippen LogP contribution in [0.4, 0.5) is 11.5 Å². The molecule has 0 saturated carbocycles. The summed E-state index contributed by atoms with van der Waals surface area (Å²) >= 11 is 2.23. The highest BCUT2D eigenvalue weighted by Crippen LogP contribution is 2.24. The summed E-state index contributed by atoms with van der Waals surface area (Å²) in [7, 11) is 0. The molecule has 0 saturated heterocycles. The maximum Gasteiger partial charge on any atom is 0.147 e. The van der Waals surface area contributed by atoms with Crippen LogP contribution in [0.3, 0.4) is 0 Å². The minimum absolute atomic E-state index is 0.827. The van der Waals surface area contributed by atoms with E-state index in [1.807, 2.05) is 6.07 Å². The number of hydrogen-bond acceptors (Lipinski definition) is 3. The number of hydrogen-bond donors (Lipinski definition) is 1. The van der Waals surface area contributed by atoms with E-state index in [9.17, 15) is 0 Å². The van der Waals surface area contributed by atoms with Crippen molar-refractivity contribution in [1.82, 2.24) is 14.5 Å². The predicted octanol–water partition coefficient (Wildman–Crippen LogP) is 4.83. The fourth-order valence-corrected chi connectivity index (χ4v) is 3.17. The molecule has 24 heavy (non-hydrogen) atoms. The average molecular weight is 426 g/mol. The Bertz CT molecular complexity index is 979. The molecule has 0 atom stereocenters. The van der Waals surface area contributed by atoms with Gasteiger partial charge in [-0.2, -0.15) is 0 Å². The summed E-state index contributed by atoms with van der Waals surface area (Å²) in [6, 6.07) is 19.0. The van der Waals surface area contributed by atoms with Gasteiger partial charge in [-0.25, -0.2) is 9.97 Å². The standard InChI is InChI=1S/C19H15IN4/c20-17-11-21-13-22-19(17)23-16-6-7-18-15(10-16)8-9-24(18)12-14-4-2-1-3-5-14/h1-11,13H,12H2,(H,21,22,23). The second kappa shape index (κ2) is 6.60. The number of aromatic nitrogens is 3. The zero-order chi connectivity index (χ0) is 16.4. The Hall–Kier alpha value is -2.41. The third-order valence-corrected chi connectivity index (χ3v) is 4.69. The lowest BCUT2D eigenvalue weighted by Crippen LogP contribution is -1.98. The summed E-state index contributed by atoms with van der Waals surface area (Å²) in [6.45, 7) is 0.876. The van der Waals surface area contributed by atoms with Gasteiger partial charge < -0.3 is 9.88 Å². The van der Waals surface area contributed by atoms with E-state index in [1.165, 1.54) is 16.5 Å². The molecule has 0 bridgehead atoms. The number of nitrogens with zero attached hydrogens (tertiary/aromatic N) is 3. The van der Waals surface area contributed by atoms with Crippen LogP contribution >= 0.6 is 22.6 Å². The summed E-state index contributed by atoms with van der Waals surface area (Å²) in [5, 5.41) is 4.56. The van der Waals surface area contributed by atoms with Gasteiger partial charge in [0.25, 0.3) is 0 Å². The van der Waals surface area contributed by atoms with Gasteiger partial charge in [0.1, 0.15) is 12.1 Å². The Balaban J connectivity index is 1.62. The normalized spacial score (nSPS) is 10.9. The van der Waals surface area contributed by atoms with Gasteiger partial charge in [-0.05, 0) is 52.4 Å². The number of rotatable bonds is 4. The molecule has 4 rings (SSSR count). The second-order valence-electron chi connectivity index (χ2n) is 5.55. The average Bonchev–Trinajstić information content (AvgIpc) is 3.00. The third-order valence-electron chi connectivity index (χ3n) is 3.90. The van der Waals surface area contributed by atoms with E-state index >= 15 is 0 Å². The Labute approximate surface area is 153 Å². The van der Waals surface area contributed by atoms with E-state index in [0.29, 0.717) is 0 Å². The highest BCUT2D eigenvalue weighted by atomic mass is 127. The fourth-order valence-electron chi connectivity index (χ4n) is 2.74. The van der Waals surface area contributed by atoms with Gasteiger partial charge in [0.15, 0.2) is 0 Å². The Morgan fingerprint density at radius 1 is 1.04 bits per heavy atom. The highest BCUT2D eigenvalue weighted by Gasteiger charge is 2.05. The van der Waals surface area contributed by atoms with Gasteiger partial charge in [0.2, 0.25) is 0 Å². The van der Waals surface area contributed by atoms with Crippen LogP contribution in [0.2, 0.25) is 0 Å². The molecule has 0 radical (unpaired) electrons. The fraction of sp³-hybridized carbons (Fsp3) is 0.0526. The Kier molecular flexibility index (Phi) is 4.17. The molecule has 5 heteroatoms. The van der Waals surface area contributed by atoms with E-state index in [1.54, 1.807) is 12.5 Å². The molecule has 0 unspecified atom stereocenters. The lowest BCUT2D eigenvalue weighted by Gasteiger charge is -2.09. The molecule has 0 aliphatic rings. The summed E-state index contributed by atoms with van der Waals surface area (Å²) in [5.41, 5.74) is 3.55. The Morgan fingerprint density at radius 3 is 2.75 bits per heavy atom. The van der Waals surface area contributed by atoms with Crippen molar-refractivity contribution in [3.05, 3.63) is 82.5 Å². The molecule has 2 aromatic carbocycles. The van der Waals surface area contributed by atoms with Crippen LogP contribution < -0.4 is 5.32 Å². The first kappa shape index (κ1) is 15.1. The largest absolute Gasteiger partial charge is 0.343 e. The molecule has 0 fully saturated rings. The first-order valence-electron chi connectivity index (χ1n) is 7.65. The zero-order valence-corrected chi connectivity index (χ0v) is 15.0. The lowest BCUT2D eigenvalue weighted by atomic mass is 10.2. The summed E-state index contributed by atoms with van der Waals surface area (Å²) in [5.74, 6) is 0.827. The van der Waals surface area contributed by atoms with Gasteiger partial charge in [0.05, 0.1) is 3.57 Å². The van der Waals surface area contributed by atoms with Crippen molar-refractivity contribution in [3.63, 3.8) is 0 Å². The van der Waals surface area contributed by atoms with Crippen LogP contribution in [0, 0.1) is 3.57 Å². The SMILES string of the molecule is Ic1cncnc1Nc1ccc2c(ccn2Cc2ccccc2)c1. The van der Waals surface area contributed by atoms with Crippen molar-refractivity contribution >= 4 is 45.0 Å². The molecular formula is C19H15IN4. The molecule has 118 valence electrons. The Morgan fingerprint density at radius 2 is 1.92 bits per heavy atom. The van der Waals surface area contributed by atoms with Crippen molar-refractivity contribution in [2.75, 3.05) is 5.32 Å². The van der Waals surface area contributed by atoms with Crippen LogP contribution in [0.25, 0.3) is 10.9 Å². The lowest BCUT2D eigenvalue weighted by molar-refractivity contribution is 0.837. The second-order valence-corrected chi connectivity index (χ2v) is 6.71. The molecule has 4 aromatic rings. The molecule has 0 amide bonds. The maximum atomic E-state index is 4.28. The third kappa shape index (κ3) is 3.12. The van der Waals surface area contributed by atoms with Crippen LogP contribution in [0.1, 0.15) is 5.56 Å². The first-order chi connectivity index (χ1) is 11.8. The van der Waals surface area contributed by atoms with E-state index in [-0.39, 0.29) is 0 Å². The number of benzene rings is 2. The molecule has 0 aliphatic heterocycles. The van der Waals surface area contributed by atoms with Crippen LogP contribution in [-0.2, 0) is 6.54 Å². The zero-order valence-electron chi connectivity index (χ0n) is 12.9. The molecular weight excluding hydrogens is 411 g/mol. The maximum absolute atomic E-state index is 4.28. The number of halogens is 1. The molecule has 0 aliphatic carbocycles. The molecule has 0 spiro atoms. The van der Waals surface area contributed by atoms with E-state index in [2.05, 4.69) is 97.2 Å². The van der Waals surface area contributed by atoms with Gasteiger partial charge in [-0.3, -0.25) is 0 Å². The molecule has 2 aromatic heterocycles. The van der Waals surface area contributed by atoms with Crippen molar-refractivity contribution in [2.24, 2.45) is 0 Å². The van der Waals surface area contributed by atoms with Crippen LogP contribution in [-0.4, -0.2) is 14.5 Å². The molecule has 4 nitrogen and oxygen atoms in total. The quantitative estimate of drug-likeness (QED) is 0.476. The number of anilines is 2. The smallest absolute Gasteiger partial charge is 0.147 e. The topological polar surface area (TPSA) is 42.7 Å². The minimum Gasteiger partial charge on any atom is -0.343 e. The summed E-state index contributed by atoms with van der Waals surface area (Å²) in [4.78, 5) is 8.30. The van der Waals surface area contributed by atoms with E-state index in [0.717, 1.165) is 21.6 Å². The minimum atomic E-state index is 0.827. The van der Waals surface area contributed by atoms with E-state index < -0.39 is 0 Å². The van der Waals surface area contributed by atoms with Crippen molar-refractivity contribution in [2.45, 2.75) is 6.54 Å². The molecule has 1 N–H and O–H groups in total. The highest BCUT2D eigenvalue weighted by molar-refractivity contribution is 14.1. The van der Waals surface area contributed by atoms with Crippen LogP contribution in [0.5, 0.6) is 0 Å². The number of nitrogens with one attached hydrogen (secondary N) is 1. The van der Waals surface area contributed by atoms with Gasteiger partial charge in [-0.15, -0.1) is 0 Å². The summed E-state index contributed by atoms with van der Waals surface area (Å²) < 4.78 is 3.26. The summed E-state index contributed by atoms with van der Waals surface area (Å²) in [6.07, 6.45) is 5.49. The van der Waals surface area contributed by atoms with E-state index in [4.69, 9.17) is 0 Å². The number of fused-ring (bicyclic) bond motifs is 1. The van der Waals surface area contributed by atoms with Crippen molar-refractivity contribution in [1.29, 1.82) is 0 Å². The predicted molar refractivity (Wildman–Crippen MR) is 106 cm³/mol. The van der Waals surface area contributed by atoms with Gasteiger partial charge in [0, 0.05) is 35.5 Å². The van der Waals surface area contributed by atoms with Gasteiger partial charge >= 0.3 is 0 Å². The van der Waals surface area contributed by atoms with Crippen molar-refractivity contribution in [3.8, 4) is 0 Å². The monoisotopic (exact) mass is 426 g/mol. The molecule has 2 heterocycles. The van der Waals surface area contributed by atoms with Gasteiger partial charge in [-0.1, -0.05) is 30.3 Å². The van der Waals surface area contributed by atoms with Crippen LogP contribution in [0.15, 0.2) is 73.3 Å². The van der Waals surface area contributed by atoms with Crippen molar-refractivity contribution < 1.29 is 0 Å². The first-order valence-corrected chi connectivity index (χ1v) is 8.73.